The van der Waals surface area contributed by atoms with Crippen LogP contribution in [0.4, 0.5) is 5.69 Å². The second-order valence-electron chi connectivity index (χ2n) is 6.06. The zero-order valence-corrected chi connectivity index (χ0v) is 11.2. The minimum atomic E-state index is -2.55. The van der Waals surface area contributed by atoms with E-state index in [-0.39, 0.29) is 0 Å². The monoisotopic (exact) mass is 262 g/mol. The van der Waals surface area contributed by atoms with Gasteiger partial charge in [-0.25, -0.2) is 8.99 Å². The van der Waals surface area contributed by atoms with E-state index in [4.69, 9.17) is 4.78 Å². The first-order chi connectivity index (χ1) is 8.61. The molecule has 0 bridgehead atoms. The van der Waals surface area contributed by atoms with Gasteiger partial charge in [-0.3, -0.25) is 0 Å². The van der Waals surface area contributed by atoms with Crippen LogP contribution in [0.3, 0.4) is 0 Å². The number of anilines is 1. The van der Waals surface area contributed by atoms with E-state index in [1.807, 2.05) is 24.3 Å². The van der Waals surface area contributed by atoms with Gasteiger partial charge in [0.25, 0.3) is 0 Å². The van der Waals surface area contributed by atoms with Gasteiger partial charge in [-0.15, -0.1) is 0 Å². The predicted octanol–water partition coefficient (Wildman–Crippen LogP) is 2.71. The molecule has 1 spiro atoms. The molecule has 3 aliphatic rings. The average Bonchev–Trinajstić information content (AvgIpc) is 3.26. The summed E-state index contributed by atoms with van der Waals surface area (Å²) in [6, 6.07) is 7.80. The Labute approximate surface area is 108 Å². The number of para-hydroxylation sites is 1. The van der Waals surface area contributed by atoms with Crippen molar-refractivity contribution in [3.8, 4) is 0 Å². The smallest absolute Gasteiger partial charge is 0.0764 e. The lowest BCUT2D eigenvalue weighted by Gasteiger charge is -2.32. The molecule has 4 heteroatoms. The standard InChI is InChI=1S/C14H18N2OS/c15-18(17)8-7-16(10-11-9-14(11)5-6-14)12-3-1-2-4-13(12)18/h1-4,11,15H,5-10H2. The van der Waals surface area contributed by atoms with Gasteiger partial charge in [0.1, 0.15) is 0 Å². The van der Waals surface area contributed by atoms with E-state index >= 15 is 0 Å². The largest absolute Gasteiger partial charge is 0.369 e. The molecule has 1 aliphatic heterocycles. The lowest BCUT2D eigenvalue weighted by Crippen LogP contribution is -2.36. The van der Waals surface area contributed by atoms with Crippen LogP contribution in [0.2, 0.25) is 0 Å². The number of hydrogen-bond donors (Lipinski definition) is 1. The van der Waals surface area contributed by atoms with Crippen molar-refractivity contribution in [2.24, 2.45) is 11.3 Å². The molecular formula is C14H18N2OS. The van der Waals surface area contributed by atoms with Crippen LogP contribution >= 0.6 is 0 Å². The van der Waals surface area contributed by atoms with Gasteiger partial charge in [-0.1, -0.05) is 12.1 Å². The summed E-state index contributed by atoms with van der Waals surface area (Å²) in [6.45, 7) is 1.89. The molecule has 3 nitrogen and oxygen atoms in total. The summed E-state index contributed by atoms with van der Waals surface area (Å²) in [5.74, 6) is 1.34. The van der Waals surface area contributed by atoms with Crippen molar-refractivity contribution in [2.75, 3.05) is 23.7 Å². The number of fused-ring (bicyclic) bond motifs is 1. The van der Waals surface area contributed by atoms with E-state index in [9.17, 15) is 4.21 Å². The molecule has 0 saturated heterocycles. The summed E-state index contributed by atoms with van der Waals surface area (Å²) in [5.41, 5.74) is 1.76. The fourth-order valence-electron chi connectivity index (χ4n) is 3.38. The molecule has 1 heterocycles. The normalized spacial score (nSPS) is 35.3. The second kappa shape index (κ2) is 3.29. The maximum atomic E-state index is 12.3. The molecule has 4 rings (SSSR count). The molecule has 0 radical (unpaired) electrons. The number of hydrogen-bond acceptors (Lipinski definition) is 3. The van der Waals surface area contributed by atoms with Gasteiger partial charge in [0.2, 0.25) is 0 Å². The Kier molecular flexibility index (Phi) is 1.99. The number of nitrogens with zero attached hydrogens (tertiary/aromatic N) is 1. The zero-order valence-electron chi connectivity index (χ0n) is 10.4. The highest BCUT2D eigenvalue weighted by atomic mass is 32.2. The van der Waals surface area contributed by atoms with E-state index in [0.717, 1.165) is 35.0 Å². The van der Waals surface area contributed by atoms with E-state index in [1.54, 1.807) is 0 Å². The first-order valence-corrected chi connectivity index (χ1v) is 8.44. The molecule has 96 valence electrons. The Bertz CT molecular complexity index is 604. The summed E-state index contributed by atoms with van der Waals surface area (Å²) in [6.07, 6.45) is 4.23. The van der Waals surface area contributed by atoms with Crippen LogP contribution in [0.5, 0.6) is 0 Å². The third-order valence-corrected chi connectivity index (χ3v) is 6.71. The van der Waals surface area contributed by atoms with Crippen molar-refractivity contribution in [3.63, 3.8) is 0 Å². The first-order valence-electron chi connectivity index (χ1n) is 6.71. The Balaban J connectivity index is 1.65. The van der Waals surface area contributed by atoms with Crippen molar-refractivity contribution in [3.05, 3.63) is 24.3 Å². The third kappa shape index (κ3) is 1.51. The summed E-state index contributed by atoms with van der Waals surface area (Å²) in [4.78, 5) is 3.12. The maximum Gasteiger partial charge on any atom is 0.0764 e. The zero-order chi connectivity index (χ0) is 12.4. The molecule has 2 unspecified atom stereocenters. The Morgan fingerprint density at radius 2 is 2.17 bits per heavy atom. The van der Waals surface area contributed by atoms with Crippen LogP contribution in [0.25, 0.3) is 0 Å². The van der Waals surface area contributed by atoms with E-state index in [1.165, 1.54) is 19.3 Å². The minimum absolute atomic E-state index is 0.490. The molecule has 0 aromatic heterocycles. The molecule has 18 heavy (non-hydrogen) atoms. The number of rotatable bonds is 2. The third-order valence-electron chi connectivity index (χ3n) is 4.90. The van der Waals surface area contributed by atoms with Gasteiger partial charge < -0.3 is 4.90 Å². The molecule has 2 saturated carbocycles. The topological polar surface area (TPSA) is 44.2 Å². The molecule has 0 amide bonds. The quantitative estimate of drug-likeness (QED) is 0.890. The fourth-order valence-corrected chi connectivity index (χ4v) is 4.92. The summed E-state index contributed by atoms with van der Waals surface area (Å²) in [7, 11) is -2.55. The summed E-state index contributed by atoms with van der Waals surface area (Å²) in [5, 5.41) is 0. The van der Waals surface area contributed by atoms with E-state index < -0.39 is 9.73 Å². The van der Waals surface area contributed by atoms with Crippen molar-refractivity contribution >= 4 is 15.4 Å². The molecular weight excluding hydrogens is 244 g/mol. The first kappa shape index (κ1) is 10.9. The number of nitrogens with one attached hydrogen (secondary N) is 1. The van der Waals surface area contributed by atoms with Gasteiger partial charge in [0, 0.05) is 13.1 Å². The predicted molar refractivity (Wildman–Crippen MR) is 72.4 cm³/mol. The molecule has 1 aromatic rings. The number of benzene rings is 1. The molecule has 2 aliphatic carbocycles. The summed E-state index contributed by atoms with van der Waals surface area (Å²) >= 11 is 0. The van der Waals surface area contributed by atoms with Crippen molar-refractivity contribution in [1.29, 1.82) is 4.78 Å². The van der Waals surface area contributed by atoms with Gasteiger partial charge >= 0.3 is 0 Å². The lowest BCUT2D eigenvalue weighted by atomic mass is 10.2. The van der Waals surface area contributed by atoms with Gasteiger partial charge in [0.15, 0.2) is 0 Å². The Hall–Kier alpha value is -1.03. The lowest BCUT2D eigenvalue weighted by molar-refractivity contribution is 0.643. The fraction of sp³-hybridized carbons (Fsp3) is 0.571. The summed E-state index contributed by atoms with van der Waals surface area (Å²) < 4.78 is 20.2. The average molecular weight is 262 g/mol. The SMILES string of the molecule is N=S1(=O)CCN(CC2CC23CC3)c2ccccc21. The molecule has 1 aromatic carbocycles. The molecule has 2 fully saturated rings. The van der Waals surface area contributed by atoms with Crippen molar-refractivity contribution in [1.82, 2.24) is 0 Å². The van der Waals surface area contributed by atoms with Crippen LogP contribution in [-0.4, -0.2) is 23.1 Å². The highest BCUT2D eigenvalue weighted by molar-refractivity contribution is 7.92. The Morgan fingerprint density at radius 1 is 1.39 bits per heavy atom. The second-order valence-corrected chi connectivity index (χ2v) is 8.26. The maximum absolute atomic E-state index is 12.3. The highest BCUT2D eigenvalue weighted by Gasteiger charge is 2.62. The molecule has 1 N–H and O–H groups in total. The van der Waals surface area contributed by atoms with Gasteiger partial charge in [0.05, 0.1) is 26.1 Å². The van der Waals surface area contributed by atoms with Crippen LogP contribution in [0.1, 0.15) is 19.3 Å². The Morgan fingerprint density at radius 3 is 2.89 bits per heavy atom. The van der Waals surface area contributed by atoms with Crippen molar-refractivity contribution < 1.29 is 4.21 Å². The van der Waals surface area contributed by atoms with E-state index in [2.05, 4.69) is 4.90 Å². The van der Waals surface area contributed by atoms with Crippen molar-refractivity contribution in [2.45, 2.75) is 24.2 Å². The van der Waals surface area contributed by atoms with Gasteiger partial charge in [-0.2, -0.15) is 0 Å². The van der Waals surface area contributed by atoms with Gasteiger partial charge in [-0.05, 0) is 42.7 Å². The highest BCUT2D eigenvalue weighted by Crippen LogP contribution is 2.70. The van der Waals surface area contributed by atoms with Crippen LogP contribution in [-0.2, 0) is 9.73 Å². The van der Waals surface area contributed by atoms with Crippen LogP contribution in [0.15, 0.2) is 29.2 Å². The van der Waals surface area contributed by atoms with Crippen LogP contribution < -0.4 is 4.90 Å². The van der Waals surface area contributed by atoms with E-state index in [0.29, 0.717) is 5.75 Å². The minimum Gasteiger partial charge on any atom is -0.369 e. The molecule has 2 atom stereocenters. The van der Waals surface area contributed by atoms with Crippen LogP contribution in [0, 0.1) is 16.1 Å².